The van der Waals surface area contributed by atoms with E-state index < -0.39 is 5.54 Å². The van der Waals surface area contributed by atoms with Crippen molar-refractivity contribution in [2.75, 3.05) is 19.7 Å². The fourth-order valence-corrected chi connectivity index (χ4v) is 2.26. The number of hydrogen-bond donors (Lipinski definition) is 2. The second kappa shape index (κ2) is 4.07. The number of amides is 1. The SMILES string of the molecule is C[C@@H]1CN(C(=O)CNC(C)(C)CO)[C@]2(C=N2)C1. The van der Waals surface area contributed by atoms with Crippen LogP contribution in [0.25, 0.3) is 0 Å². The zero-order valence-electron chi connectivity index (χ0n) is 10.7. The van der Waals surface area contributed by atoms with Crippen LogP contribution in [-0.2, 0) is 4.79 Å². The molecule has 5 heteroatoms. The minimum Gasteiger partial charge on any atom is -0.394 e. The summed E-state index contributed by atoms with van der Waals surface area (Å²) < 4.78 is 0. The van der Waals surface area contributed by atoms with Crippen molar-refractivity contribution in [1.29, 1.82) is 0 Å². The Morgan fingerprint density at radius 1 is 1.71 bits per heavy atom. The summed E-state index contributed by atoms with van der Waals surface area (Å²) in [4.78, 5) is 18.2. The third-order valence-corrected chi connectivity index (χ3v) is 3.45. The Morgan fingerprint density at radius 2 is 2.35 bits per heavy atom. The molecule has 1 amide bonds. The zero-order valence-corrected chi connectivity index (χ0v) is 10.7. The van der Waals surface area contributed by atoms with E-state index in [9.17, 15) is 4.79 Å². The first-order chi connectivity index (χ1) is 7.88. The van der Waals surface area contributed by atoms with Gasteiger partial charge in [0.05, 0.1) is 13.2 Å². The number of aliphatic imine (C=N–C) groups is 1. The van der Waals surface area contributed by atoms with Gasteiger partial charge in [0.1, 0.15) is 0 Å². The molecule has 0 aliphatic carbocycles. The maximum atomic E-state index is 12.1. The fraction of sp³-hybridized carbons (Fsp3) is 0.833. The Hall–Kier alpha value is -0.940. The molecule has 1 saturated heterocycles. The van der Waals surface area contributed by atoms with E-state index in [-0.39, 0.29) is 24.7 Å². The second-order valence-corrected chi connectivity index (χ2v) is 5.85. The molecule has 0 radical (unpaired) electrons. The molecule has 0 aromatic rings. The normalized spacial score (nSPS) is 31.3. The van der Waals surface area contributed by atoms with Crippen molar-refractivity contribution in [3.8, 4) is 0 Å². The molecule has 0 aromatic carbocycles. The average molecular weight is 239 g/mol. The molecule has 0 unspecified atom stereocenters. The number of aliphatic hydroxyl groups is 1. The van der Waals surface area contributed by atoms with Crippen molar-refractivity contribution >= 4 is 12.1 Å². The highest BCUT2D eigenvalue weighted by molar-refractivity contribution is 5.92. The molecule has 2 N–H and O–H groups in total. The van der Waals surface area contributed by atoms with Gasteiger partial charge in [0, 0.05) is 24.7 Å². The quantitative estimate of drug-likeness (QED) is 0.725. The molecule has 1 spiro atoms. The predicted molar refractivity (Wildman–Crippen MR) is 65.9 cm³/mol. The highest BCUT2D eigenvalue weighted by Crippen LogP contribution is 2.39. The number of rotatable bonds is 4. The van der Waals surface area contributed by atoms with Crippen LogP contribution in [-0.4, -0.2) is 53.0 Å². The number of nitrogens with zero attached hydrogens (tertiary/aromatic N) is 2. The third kappa shape index (κ3) is 2.50. The van der Waals surface area contributed by atoms with E-state index in [1.807, 2.05) is 25.0 Å². The van der Waals surface area contributed by atoms with Crippen LogP contribution < -0.4 is 5.32 Å². The lowest BCUT2D eigenvalue weighted by Gasteiger charge is -2.27. The van der Waals surface area contributed by atoms with Crippen LogP contribution in [0, 0.1) is 5.92 Å². The molecular formula is C12H21N3O2. The third-order valence-electron chi connectivity index (χ3n) is 3.45. The van der Waals surface area contributed by atoms with Crippen LogP contribution >= 0.6 is 0 Å². The van der Waals surface area contributed by atoms with Crippen LogP contribution in [0.3, 0.4) is 0 Å². The monoisotopic (exact) mass is 239 g/mol. The van der Waals surface area contributed by atoms with E-state index in [1.54, 1.807) is 0 Å². The van der Waals surface area contributed by atoms with Crippen LogP contribution in [0.15, 0.2) is 4.99 Å². The van der Waals surface area contributed by atoms with Crippen LogP contribution in [0.1, 0.15) is 27.2 Å². The van der Waals surface area contributed by atoms with Crippen molar-refractivity contribution in [2.24, 2.45) is 10.9 Å². The fourth-order valence-electron chi connectivity index (χ4n) is 2.26. The first kappa shape index (κ1) is 12.5. The smallest absolute Gasteiger partial charge is 0.238 e. The molecule has 17 heavy (non-hydrogen) atoms. The van der Waals surface area contributed by atoms with Gasteiger partial charge in [-0.3, -0.25) is 9.79 Å². The van der Waals surface area contributed by atoms with Crippen molar-refractivity contribution in [2.45, 2.75) is 38.4 Å². The van der Waals surface area contributed by atoms with E-state index in [1.165, 1.54) is 0 Å². The van der Waals surface area contributed by atoms with Gasteiger partial charge in [-0.25, -0.2) is 0 Å². The standard InChI is InChI=1S/C12H21N3O2/c1-9-4-12(7-14-12)15(6-9)10(17)5-13-11(2,3)8-16/h7,9,13,16H,4-6,8H2,1-3H3/t9-,12-/m0/s1. The van der Waals surface area contributed by atoms with Gasteiger partial charge in [-0.2, -0.15) is 0 Å². The Kier molecular flexibility index (Phi) is 2.99. The number of hydrogen-bond acceptors (Lipinski definition) is 4. The number of likely N-dealkylation sites (tertiary alicyclic amines) is 1. The minimum absolute atomic E-state index is 0.0122. The lowest BCUT2D eigenvalue weighted by Crippen LogP contribution is -2.50. The van der Waals surface area contributed by atoms with E-state index in [0.29, 0.717) is 5.92 Å². The summed E-state index contributed by atoms with van der Waals surface area (Å²) in [6, 6.07) is 0. The van der Waals surface area contributed by atoms with Gasteiger partial charge < -0.3 is 15.3 Å². The van der Waals surface area contributed by atoms with Gasteiger partial charge in [-0.15, -0.1) is 0 Å². The highest BCUT2D eigenvalue weighted by atomic mass is 16.3. The molecule has 1 fully saturated rings. The minimum atomic E-state index is -0.418. The van der Waals surface area contributed by atoms with Crippen molar-refractivity contribution < 1.29 is 9.90 Å². The highest BCUT2D eigenvalue weighted by Gasteiger charge is 2.51. The molecule has 0 bridgehead atoms. The van der Waals surface area contributed by atoms with E-state index in [0.717, 1.165) is 13.0 Å². The number of carbonyl (C=O) groups excluding carboxylic acids is 1. The summed E-state index contributed by atoms with van der Waals surface area (Å²) in [5, 5.41) is 12.2. The predicted octanol–water partition coefficient (Wildman–Crippen LogP) is -0.00400. The largest absolute Gasteiger partial charge is 0.394 e. The zero-order chi connectivity index (χ0) is 12.7. The molecule has 5 nitrogen and oxygen atoms in total. The Bertz CT molecular complexity index is 346. The lowest BCUT2D eigenvalue weighted by molar-refractivity contribution is -0.131. The Morgan fingerprint density at radius 3 is 2.88 bits per heavy atom. The van der Waals surface area contributed by atoms with Gasteiger partial charge in [-0.1, -0.05) is 6.92 Å². The summed E-state index contributed by atoms with van der Waals surface area (Å²) >= 11 is 0. The van der Waals surface area contributed by atoms with Crippen molar-refractivity contribution in [1.82, 2.24) is 10.2 Å². The number of nitrogens with one attached hydrogen (secondary N) is 1. The first-order valence-corrected chi connectivity index (χ1v) is 6.11. The van der Waals surface area contributed by atoms with E-state index >= 15 is 0 Å². The van der Waals surface area contributed by atoms with Crippen LogP contribution in [0.2, 0.25) is 0 Å². The van der Waals surface area contributed by atoms with Crippen molar-refractivity contribution in [3.05, 3.63) is 0 Å². The second-order valence-electron chi connectivity index (χ2n) is 5.85. The van der Waals surface area contributed by atoms with Gasteiger partial charge in [0.15, 0.2) is 5.66 Å². The Labute approximate surface area is 102 Å². The summed E-state index contributed by atoms with van der Waals surface area (Å²) in [5.41, 5.74) is -0.708. The maximum Gasteiger partial charge on any atom is 0.238 e. The van der Waals surface area contributed by atoms with Gasteiger partial charge in [0.2, 0.25) is 5.91 Å². The van der Waals surface area contributed by atoms with E-state index in [2.05, 4.69) is 17.2 Å². The summed E-state index contributed by atoms with van der Waals surface area (Å²) in [7, 11) is 0. The average Bonchev–Trinajstić information content (AvgIpc) is 2.94. The number of carbonyl (C=O) groups is 1. The molecule has 0 saturated carbocycles. The number of aliphatic hydroxyl groups excluding tert-OH is 1. The molecule has 2 rings (SSSR count). The summed E-state index contributed by atoms with van der Waals surface area (Å²) in [6.45, 7) is 6.93. The van der Waals surface area contributed by atoms with Crippen molar-refractivity contribution in [3.63, 3.8) is 0 Å². The maximum absolute atomic E-state index is 12.1. The molecule has 2 aliphatic heterocycles. The topological polar surface area (TPSA) is 64.9 Å². The van der Waals surface area contributed by atoms with Gasteiger partial charge in [0.25, 0.3) is 0 Å². The molecule has 96 valence electrons. The summed E-state index contributed by atoms with van der Waals surface area (Å²) in [5.74, 6) is 0.570. The Balaban J connectivity index is 1.89. The molecule has 2 atom stereocenters. The summed E-state index contributed by atoms with van der Waals surface area (Å²) in [6.07, 6.45) is 2.81. The molecule has 2 heterocycles. The van der Waals surface area contributed by atoms with E-state index in [4.69, 9.17) is 5.11 Å². The van der Waals surface area contributed by atoms with Crippen LogP contribution in [0.5, 0.6) is 0 Å². The van der Waals surface area contributed by atoms with Crippen LogP contribution in [0.4, 0.5) is 0 Å². The molecule has 2 aliphatic rings. The first-order valence-electron chi connectivity index (χ1n) is 6.11. The molecular weight excluding hydrogens is 218 g/mol. The lowest BCUT2D eigenvalue weighted by atomic mass is 10.1. The molecule has 0 aromatic heterocycles. The van der Waals surface area contributed by atoms with Gasteiger partial charge in [-0.05, 0) is 19.8 Å². The van der Waals surface area contributed by atoms with Gasteiger partial charge >= 0.3 is 0 Å².